The third-order valence-corrected chi connectivity index (χ3v) is 5.85. The summed E-state index contributed by atoms with van der Waals surface area (Å²) >= 11 is 11.5. The Morgan fingerprint density at radius 1 is 1.07 bits per heavy atom. The molecule has 3 nitrogen and oxygen atoms in total. The van der Waals surface area contributed by atoms with Crippen molar-refractivity contribution in [1.82, 2.24) is 5.43 Å². The van der Waals surface area contributed by atoms with E-state index in [0.29, 0.717) is 10.1 Å². The van der Waals surface area contributed by atoms with Crippen molar-refractivity contribution < 1.29 is 0 Å². The molecular formula is C22H26ClN3S. The van der Waals surface area contributed by atoms with Gasteiger partial charge in [0.2, 0.25) is 0 Å². The minimum atomic E-state index is 0.443. The first-order valence-electron chi connectivity index (χ1n) is 9.51. The summed E-state index contributed by atoms with van der Waals surface area (Å²) in [5.41, 5.74) is 8.21. The Morgan fingerprint density at radius 3 is 2.48 bits per heavy atom. The number of benzene rings is 2. The summed E-state index contributed by atoms with van der Waals surface area (Å²) < 4.78 is 0. The molecule has 142 valence electrons. The third-order valence-electron chi connectivity index (χ3n) is 5.25. The molecule has 0 bridgehead atoms. The molecule has 0 aliphatic heterocycles. The largest absolute Gasteiger partial charge is 0.331 e. The molecule has 1 aliphatic carbocycles. The topological polar surface area (TPSA) is 36.4 Å². The van der Waals surface area contributed by atoms with Gasteiger partial charge in [-0.1, -0.05) is 61.2 Å². The molecule has 2 N–H and O–H groups in total. The van der Waals surface area contributed by atoms with E-state index in [2.05, 4.69) is 40.1 Å². The number of halogens is 1. The molecule has 0 saturated heterocycles. The number of hydrogen-bond acceptors (Lipinski definition) is 2. The Balaban J connectivity index is 1.59. The number of nitrogens with one attached hydrogen (secondary N) is 2. The summed E-state index contributed by atoms with van der Waals surface area (Å²) in [7, 11) is 0. The van der Waals surface area contributed by atoms with Crippen LogP contribution in [0.3, 0.4) is 0 Å². The van der Waals surface area contributed by atoms with Gasteiger partial charge in [0.15, 0.2) is 5.11 Å². The van der Waals surface area contributed by atoms with Crippen LogP contribution in [0.2, 0.25) is 5.02 Å². The van der Waals surface area contributed by atoms with E-state index >= 15 is 0 Å². The first-order valence-corrected chi connectivity index (χ1v) is 10.3. The van der Waals surface area contributed by atoms with Crippen molar-refractivity contribution in [2.24, 2.45) is 5.10 Å². The average Bonchev–Trinajstić information content (AvgIpc) is 2.70. The smallest absolute Gasteiger partial charge is 0.191 e. The summed E-state index contributed by atoms with van der Waals surface area (Å²) in [5.74, 6) is 0.723. The summed E-state index contributed by atoms with van der Waals surface area (Å²) in [6.45, 7) is 3.94. The summed E-state index contributed by atoms with van der Waals surface area (Å²) in [4.78, 5) is 0. The quantitative estimate of drug-likeness (QED) is 0.354. The highest BCUT2D eigenvalue weighted by Crippen LogP contribution is 2.32. The zero-order valence-corrected chi connectivity index (χ0v) is 17.5. The summed E-state index contributed by atoms with van der Waals surface area (Å²) in [6, 6.07) is 14.5. The molecule has 1 fully saturated rings. The van der Waals surface area contributed by atoms with Gasteiger partial charge in [-0.25, -0.2) is 0 Å². The monoisotopic (exact) mass is 399 g/mol. The van der Waals surface area contributed by atoms with Crippen LogP contribution in [0, 0.1) is 6.92 Å². The molecule has 2 aromatic rings. The Kier molecular flexibility index (Phi) is 6.86. The predicted molar refractivity (Wildman–Crippen MR) is 120 cm³/mol. The number of nitrogens with zero attached hydrogens (tertiary/aromatic N) is 1. The molecule has 1 saturated carbocycles. The van der Waals surface area contributed by atoms with E-state index in [0.717, 1.165) is 28.4 Å². The maximum atomic E-state index is 6.14. The molecule has 2 aromatic carbocycles. The van der Waals surface area contributed by atoms with Crippen LogP contribution in [0.1, 0.15) is 61.6 Å². The van der Waals surface area contributed by atoms with Crippen LogP contribution >= 0.6 is 23.8 Å². The van der Waals surface area contributed by atoms with Crippen LogP contribution in [-0.2, 0) is 0 Å². The van der Waals surface area contributed by atoms with Crippen LogP contribution < -0.4 is 10.7 Å². The van der Waals surface area contributed by atoms with Gasteiger partial charge in [-0.05, 0) is 73.6 Å². The second kappa shape index (κ2) is 9.34. The van der Waals surface area contributed by atoms with Gasteiger partial charge in [0.05, 0.1) is 5.71 Å². The zero-order chi connectivity index (χ0) is 19.2. The zero-order valence-electron chi connectivity index (χ0n) is 15.9. The van der Waals surface area contributed by atoms with E-state index in [9.17, 15) is 0 Å². The van der Waals surface area contributed by atoms with E-state index in [4.69, 9.17) is 23.8 Å². The van der Waals surface area contributed by atoms with Crippen LogP contribution in [-0.4, -0.2) is 10.8 Å². The molecule has 0 radical (unpaired) electrons. The lowest BCUT2D eigenvalue weighted by atomic mass is 9.84. The van der Waals surface area contributed by atoms with Crippen LogP contribution in [0.5, 0.6) is 0 Å². The highest BCUT2D eigenvalue weighted by atomic mass is 35.5. The second-order valence-electron chi connectivity index (χ2n) is 7.13. The normalized spacial score (nSPS) is 15.4. The highest BCUT2D eigenvalue weighted by molar-refractivity contribution is 7.80. The third kappa shape index (κ3) is 5.30. The first-order chi connectivity index (χ1) is 13.0. The summed E-state index contributed by atoms with van der Waals surface area (Å²) in [5, 5.41) is 8.71. The molecule has 0 amide bonds. The van der Waals surface area contributed by atoms with E-state index in [1.807, 2.05) is 32.0 Å². The fourth-order valence-electron chi connectivity index (χ4n) is 3.52. The fraction of sp³-hybridized carbons (Fsp3) is 0.364. The average molecular weight is 400 g/mol. The summed E-state index contributed by atoms with van der Waals surface area (Å²) in [6.07, 6.45) is 6.73. The minimum absolute atomic E-state index is 0.443. The lowest BCUT2D eigenvalue weighted by Gasteiger charge is -2.22. The van der Waals surface area contributed by atoms with Crippen molar-refractivity contribution in [2.75, 3.05) is 5.32 Å². The maximum absolute atomic E-state index is 6.14. The SMILES string of the molecule is CC(=NNC(=S)Nc1cccc(Cl)c1C)c1ccc(C2CCCCC2)cc1. The second-order valence-corrected chi connectivity index (χ2v) is 7.95. The predicted octanol–water partition coefficient (Wildman–Crippen LogP) is 6.41. The van der Waals surface area contributed by atoms with Gasteiger partial charge >= 0.3 is 0 Å². The lowest BCUT2D eigenvalue weighted by Crippen LogP contribution is -2.25. The Bertz CT molecular complexity index is 824. The number of hydrogen-bond donors (Lipinski definition) is 2. The lowest BCUT2D eigenvalue weighted by molar-refractivity contribution is 0.443. The Hall–Kier alpha value is -1.91. The number of hydrazone groups is 1. The van der Waals surface area contributed by atoms with E-state index in [1.54, 1.807) is 0 Å². The van der Waals surface area contributed by atoms with Crippen LogP contribution in [0.15, 0.2) is 47.6 Å². The highest BCUT2D eigenvalue weighted by Gasteiger charge is 2.15. The molecule has 0 spiro atoms. The van der Waals surface area contributed by atoms with Crippen molar-refractivity contribution >= 4 is 40.3 Å². The van der Waals surface area contributed by atoms with Gasteiger partial charge in [-0.15, -0.1) is 0 Å². The van der Waals surface area contributed by atoms with Gasteiger partial charge in [-0.2, -0.15) is 5.10 Å². The maximum Gasteiger partial charge on any atom is 0.191 e. The van der Waals surface area contributed by atoms with Crippen molar-refractivity contribution in [3.05, 3.63) is 64.2 Å². The van der Waals surface area contributed by atoms with E-state index < -0.39 is 0 Å². The van der Waals surface area contributed by atoms with E-state index in [-0.39, 0.29) is 0 Å². The van der Waals surface area contributed by atoms with Gasteiger partial charge in [0.25, 0.3) is 0 Å². The number of anilines is 1. The van der Waals surface area contributed by atoms with Crippen molar-refractivity contribution in [1.29, 1.82) is 0 Å². The van der Waals surface area contributed by atoms with Gasteiger partial charge in [0.1, 0.15) is 0 Å². The van der Waals surface area contributed by atoms with Gasteiger partial charge < -0.3 is 5.32 Å². The molecular weight excluding hydrogens is 374 g/mol. The molecule has 0 unspecified atom stereocenters. The Labute approximate surface area is 172 Å². The molecule has 27 heavy (non-hydrogen) atoms. The van der Waals surface area contributed by atoms with Crippen LogP contribution in [0.25, 0.3) is 0 Å². The van der Waals surface area contributed by atoms with Crippen molar-refractivity contribution in [3.63, 3.8) is 0 Å². The van der Waals surface area contributed by atoms with Crippen molar-refractivity contribution in [2.45, 2.75) is 51.9 Å². The molecule has 0 atom stereocenters. The number of thiocarbonyl (C=S) groups is 1. The fourth-order valence-corrected chi connectivity index (χ4v) is 3.85. The standard InChI is InChI=1S/C22H26ClN3S/c1-15-20(23)9-6-10-21(15)24-22(27)26-25-16(2)17-11-13-19(14-12-17)18-7-4-3-5-8-18/h6,9-14,18H,3-5,7-8H2,1-2H3,(H2,24,26,27). The van der Waals surface area contributed by atoms with Gasteiger partial charge in [0, 0.05) is 10.7 Å². The molecule has 5 heteroatoms. The van der Waals surface area contributed by atoms with Crippen molar-refractivity contribution in [3.8, 4) is 0 Å². The van der Waals surface area contributed by atoms with E-state index in [1.165, 1.54) is 37.7 Å². The minimum Gasteiger partial charge on any atom is -0.331 e. The molecule has 1 aliphatic rings. The first kappa shape index (κ1) is 19.8. The molecule has 3 rings (SSSR count). The molecule has 0 heterocycles. The van der Waals surface area contributed by atoms with Crippen LogP contribution in [0.4, 0.5) is 5.69 Å². The Morgan fingerprint density at radius 2 is 1.78 bits per heavy atom. The number of rotatable bonds is 4. The molecule has 0 aromatic heterocycles. The van der Waals surface area contributed by atoms with Gasteiger partial charge in [-0.3, -0.25) is 5.43 Å².